The molecule has 1 fully saturated rings. The monoisotopic (exact) mass is 460 g/mol. The SMILES string of the molecule is Cc1cc2oc(=O)cc(CSc3nnc(CN4CCCC4)n3Cc3ccccc3)c2cc1C. The molecule has 170 valence electrons. The molecule has 33 heavy (non-hydrogen) atoms. The molecule has 0 N–H and O–H groups in total. The van der Waals surface area contributed by atoms with E-state index in [1.54, 1.807) is 17.8 Å². The quantitative estimate of drug-likeness (QED) is 0.288. The van der Waals surface area contributed by atoms with Crippen molar-refractivity contribution < 1.29 is 4.42 Å². The minimum Gasteiger partial charge on any atom is -0.423 e. The Morgan fingerprint density at radius 3 is 2.52 bits per heavy atom. The molecule has 6 nitrogen and oxygen atoms in total. The van der Waals surface area contributed by atoms with Crippen molar-refractivity contribution in [1.82, 2.24) is 19.7 Å². The second kappa shape index (κ2) is 9.53. The Labute approximate surface area is 197 Å². The molecule has 3 heterocycles. The number of rotatable bonds is 7. The third-order valence-electron chi connectivity index (χ3n) is 6.34. The normalized spacial score (nSPS) is 14.4. The van der Waals surface area contributed by atoms with E-state index in [0.29, 0.717) is 11.3 Å². The van der Waals surface area contributed by atoms with Crippen LogP contribution in [0.1, 0.15) is 40.9 Å². The average molecular weight is 461 g/mol. The van der Waals surface area contributed by atoms with Crippen LogP contribution in [-0.4, -0.2) is 32.8 Å². The van der Waals surface area contributed by atoms with Gasteiger partial charge in [-0.15, -0.1) is 10.2 Å². The highest BCUT2D eigenvalue weighted by Crippen LogP contribution is 2.28. The molecule has 4 aromatic rings. The van der Waals surface area contributed by atoms with Gasteiger partial charge in [0.1, 0.15) is 11.4 Å². The fraction of sp³-hybridized carbons (Fsp3) is 0.346. The molecular formula is C26H28N4O2S. The first-order valence-electron chi connectivity index (χ1n) is 11.4. The summed E-state index contributed by atoms with van der Waals surface area (Å²) in [6.07, 6.45) is 2.49. The van der Waals surface area contributed by atoms with E-state index in [2.05, 4.69) is 56.9 Å². The third-order valence-corrected chi connectivity index (χ3v) is 7.36. The number of aromatic nitrogens is 3. The maximum Gasteiger partial charge on any atom is 0.336 e. The topological polar surface area (TPSA) is 64.2 Å². The zero-order chi connectivity index (χ0) is 22.8. The number of fused-ring (bicyclic) bond motifs is 1. The van der Waals surface area contributed by atoms with Crippen LogP contribution in [0.2, 0.25) is 0 Å². The number of likely N-dealkylation sites (tertiary alicyclic amines) is 1. The maximum atomic E-state index is 12.2. The molecule has 7 heteroatoms. The summed E-state index contributed by atoms with van der Waals surface area (Å²) in [7, 11) is 0. The average Bonchev–Trinajstić information content (AvgIpc) is 3.45. The summed E-state index contributed by atoms with van der Waals surface area (Å²) in [6, 6.07) is 16.1. The highest BCUT2D eigenvalue weighted by Gasteiger charge is 2.19. The lowest BCUT2D eigenvalue weighted by Gasteiger charge is -2.16. The summed E-state index contributed by atoms with van der Waals surface area (Å²) in [5.41, 5.74) is 4.80. The molecular weight excluding hydrogens is 432 g/mol. The van der Waals surface area contributed by atoms with Crippen molar-refractivity contribution in [3.8, 4) is 0 Å². The van der Waals surface area contributed by atoms with Crippen molar-refractivity contribution in [1.29, 1.82) is 0 Å². The molecule has 1 saturated heterocycles. The van der Waals surface area contributed by atoms with Gasteiger partial charge in [-0.3, -0.25) is 4.90 Å². The molecule has 1 aliphatic heterocycles. The Hall–Kier alpha value is -2.90. The van der Waals surface area contributed by atoms with E-state index in [1.807, 2.05) is 19.1 Å². The lowest BCUT2D eigenvalue weighted by molar-refractivity contribution is 0.316. The molecule has 0 bridgehead atoms. The summed E-state index contributed by atoms with van der Waals surface area (Å²) in [5.74, 6) is 1.62. The van der Waals surface area contributed by atoms with Crippen LogP contribution < -0.4 is 5.63 Å². The molecule has 5 rings (SSSR count). The van der Waals surface area contributed by atoms with Gasteiger partial charge in [0.2, 0.25) is 0 Å². The van der Waals surface area contributed by atoms with Gasteiger partial charge in [0, 0.05) is 17.2 Å². The van der Waals surface area contributed by atoms with Gasteiger partial charge in [0.25, 0.3) is 0 Å². The highest BCUT2D eigenvalue weighted by molar-refractivity contribution is 7.98. The van der Waals surface area contributed by atoms with Crippen molar-refractivity contribution in [3.63, 3.8) is 0 Å². The molecule has 0 atom stereocenters. The first-order chi connectivity index (χ1) is 16.1. The number of hydrogen-bond donors (Lipinski definition) is 0. The number of benzene rings is 2. The molecule has 0 aliphatic carbocycles. The van der Waals surface area contributed by atoms with Crippen molar-refractivity contribution in [2.24, 2.45) is 0 Å². The van der Waals surface area contributed by atoms with Crippen LogP contribution in [-0.2, 0) is 18.8 Å². The van der Waals surface area contributed by atoms with Gasteiger partial charge in [-0.2, -0.15) is 0 Å². The van der Waals surface area contributed by atoms with Gasteiger partial charge in [0.05, 0.1) is 13.1 Å². The van der Waals surface area contributed by atoms with Gasteiger partial charge < -0.3 is 8.98 Å². The van der Waals surface area contributed by atoms with E-state index < -0.39 is 0 Å². The van der Waals surface area contributed by atoms with Crippen molar-refractivity contribution >= 4 is 22.7 Å². The maximum absolute atomic E-state index is 12.2. The van der Waals surface area contributed by atoms with Crippen molar-refractivity contribution in [2.75, 3.05) is 13.1 Å². The number of nitrogens with zero attached hydrogens (tertiary/aromatic N) is 4. The van der Waals surface area contributed by atoms with Gasteiger partial charge in [-0.05, 0) is 74.2 Å². The largest absolute Gasteiger partial charge is 0.423 e. The smallest absolute Gasteiger partial charge is 0.336 e. The Kier molecular flexibility index (Phi) is 6.33. The second-order valence-electron chi connectivity index (χ2n) is 8.77. The molecule has 2 aromatic carbocycles. The molecule has 0 radical (unpaired) electrons. The molecule has 0 amide bonds. The molecule has 0 spiro atoms. The first-order valence-corrected chi connectivity index (χ1v) is 12.4. The van der Waals surface area contributed by atoms with Crippen molar-refractivity contribution in [3.05, 3.63) is 87.0 Å². The van der Waals surface area contributed by atoms with E-state index in [9.17, 15) is 4.79 Å². The van der Waals surface area contributed by atoms with Crippen LogP contribution in [0.5, 0.6) is 0 Å². The van der Waals surface area contributed by atoms with Crippen LogP contribution in [0, 0.1) is 13.8 Å². The lowest BCUT2D eigenvalue weighted by atomic mass is 10.0. The number of hydrogen-bond acceptors (Lipinski definition) is 6. The standard InChI is InChI=1S/C26H28N4O2S/c1-18-12-22-21(14-25(31)32-23(22)13-19(18)2)17-33-26-28-27-24(16-29-10-6-7-11-29)30(26)15-20-8-4-3-5-9-20/h3-5,8-9,12-14H,6-7,10-11,15-17H2,1-2H3. The van der Waals surface area contributed by atoms with Crippen LogP contribution in [0.3, 0.4) is 0 Å². The predicted molar refractivity (Wildman–Crippen MR) is 132 cm³/mol. The summed E-state index contributed by atoms with van der Waals surface area (Å²) in [4.78, 5) is 14.6. The summed E-state index contributed by atoms with van der Waals surface area (Å²) >= 11 is 1.62. The zero-order valence-electron chi connectivity index (χ0n) is 19.1. The molecule has 0 unspecified atom stereocenters. The van der Waals surface area contributed by atoms with E-state index in [4.69, 9.17) is 4.42 Å². The van der Waals surface area contributed by atoms with Gasteiger partial charge in [-0.25, -0.2) is 4.79 Å². The first kappa shape index (κ1) is 21.9. The minimum absolute atomic E-state index is 0.318. The number of aryl methyl sites for hydroxylation is 2. The summed E-state index contributed by atoms with van der Waals surface area (Å²) in [5, 5.41) is 11.0. The molecule has 2 aromatic heterocycles. The number of thioether (sulfide) groups is 1. The third kappa shape index (κ3) is 4.89. The van der Waals surface area contributed by atoms with E-state index in [1.165, 1.54) is 24.0 Å². The predicted octanol–water partition coefficient (Wildman–Crippen LogP) is 4.94. The Morgan fingerprint density at radius 2 is 1.73 bits per heavy atom. The molecule has 0 saturated carbocycles. The van der Waals surface area contributed by atoms with E-state index in [-0.39, 0.29) is 5.63 Å². The summed E-state index contributed by atoms with van der Waals surface area (Å²) in [6.45, 7) is 7.89. The molecule has 1 aliphatic rings. The minimum atomic E-state index is -0.318. The van der Waals surface area contributed by atoms with Crippen LogP contribution in [0.15, 0.2) is 62.9 Å². The van der Waals surface area contributed by atoms with E-state index >= 15 is 0 Å². The van der Waals surface area contributed by atoms with Crippen molar-refractivity contribution in [2.45, 2.75) is 50.7 Å². The Balaban J connectivity index is 1.45. The Morgan fingerprint density at radius 1 is 0.970 bits per heavy atom. The zero-order valence-corrected chi connectivity index (χ0v) is 19.9. The second-order valence-corrected chi connectivity index (χ2v) is 9.71. The fourth-order valence-electron chi connectivity index (χ4n) is 4.35. The summed E-state index contributed by atoms with van der Waals surface area (Å²) < 4.78 is 7.69. The fourth-order valence-corrected chi connectivity index (χ4v) is 5.30. The lowest BCUT2D eigenvalue weighted by Crippen LogP contribution is -2.21. The highest BCUT2D eigenvalue weighted by atomic mass is 32.2. The Bertz CT molecular complexity index is 1320. The van der Waals surface area contributed by atoms with Crippen LogP contribution >= 0.6 is 11.8 Å². The van der Waals surface area contributed by atoms with Crippen LogP contribution in [0.4, 0.5) is 0 Å². The van der Waals surface area contributed by atoms with Gasteiger partial charge >= 0.3 is 5.63 Å². The van der Waals surface area contributed by atoms with E-state index in [0.717, 1.165) is 53.7 Å². The van der Waals surface area contributed by atoms with Gasteiger partial charge in [0.15, 0.2) is 5.16 Å². The van der Waals surface area contributed by atoms with Crippen LogP contribution in [0.25, 0.3) is 11.0 Å². The van der Waals surface area contributed by atoms with Gasteiger partial charge in [-0.1, -0.05) is 42.1 Å².